The second-order valence-electron chi connectivity index (χ2n) is 10.2. The molecule has 2 bridgehead atoms. The number of rotatable bonds is 6. The molecule has 9 nitrogen and oxygen atoms in total. The molecule has 3 aromatic carbocycles. The Morgan fingerprint density at radius 2 is 1.44 bits per heavy atom. The number of piperazine rings is 1. The van der Waals surface area contributed by atoms with E-state index in [2.05, 4.69) is 0 Å². The smallest absolute Gasteiger partial charge is 0.411 e. The first-order valence-corrected chi connectivity index (χ1v) is 13.5. The number of fused-ring (bicyclic) bond motifs is 7. The van der Waals surface area contributed by atoms with Gasteiger partial charge in [-0.3, -0.25) is 9.69 Å². The fraction of sp³-hybridized carbons (Fsp3) is 0.312. The number of benzene rings is 3. The van der Waals surface area contributed by atoms with Crippen LogP contribution >= 0.6 is 0 Å². The Morgan fingerprint density at radius 3 is 2.10 bits per heavy atom. The summed E-state index contributed by atoms with van der Waals surface area (Å²) in [5.74, 6) is 2.32. The van der Waals surface area contributed by atoms with Crippen molar-refractivity contribution in [1.29, 1.82) is 0 Å². The lowest BCUT2D eigenvalue weighted by Crippen LogP contribution is -2.62. The van der Waals surface area contributed by atoms with Crippen LogP contribution in [0.3, 0.4) is 0 Å². The third kappa shape index (κ3) is 4.06. The first-order chi connectivity index (χ1) is 19.9. The molecule has 0 aromatic heterocycles. The SMILES string of the molecule is COc1ccc(OC)c2c1C=C1[C@H]3c4c(OC)ccc(OC)c4C[C@@H](C(=O)N1[C@@H]2C)N3C(=O)OCc1ccccc1. The maximum atomic E-state index is 14.4. The van der Waals surface area contributed by atoms with Crippen molar-refractivity contribution in [2.24, 2.45) is 0 Å². The van der Waals surface area contributed by atoms with Gasteiger partial charge in [-0.2, -0.15) is 0 Å². The average Bonchev–Trinajstić information content (AvgIpc) is 3.01. The zero-order chi connectivity index (χ0) is 28.8. The van der Waals surface area contributed by atoms with Gasteiger partial charge in [-0.1, -0.05) is 30.3 Å². The Balaban J connectivity index is 1.56. The Kier molecular flexibility index (Phi) is 6.73. The van der Waals surface area contributed by atoms with E-state index in [0.717, 1.165) is 27.8 Å². The van der Waals surface area contributed by atoms with Crippen LogP contribution in [0.1, 0.15) is 46.8 Å². The molecule has 0 aliphatic carbocycles. The maximum absolute atomic E-state index is 14.4. The number of nitrogens with zero attached hydrogens (tertiary/aromatic N) is 2. The van der Waals surface area contributed by atoms with Crippen LogP contribution in [0, 0.1) is 0 Å². The molecule has 3 heterocycles. The molecule has 1 fully saturated rings. The van der Waals surface area contributed by atoms with E-state index >= 15 is 0 Å². The molecule has 3 aromatic rings. The van der Waals surface area contributed by atoms with Gasteiger partial charge in [0.2, 0.25) is 0 Å². The highest BCUT2D eigenvalue weighted by molar-refractivity contribution is 5.94. The van der Waals surface area contributed by atoms with Crippen LogP contribution in [0.5, 0.6) is 23.0 Å². The molecule has 212 valence electrons. The minimum absolute atomic E-state index is 0.0823. The molecule has 0 radical (unpaired) electrons. The van der Waals surface area contributed by atoms with Crippen molar-refractivity contribution in [1.82, 2.24) is 9.80 Å². The number of carbonyl (C=O) groups is 2. The van der Waals surface area contributed by atoms with E-state index in [9.17, 15) is 9.59 Å². The quantitative estimate of drug-likeness (QED) is 0.408. The van der Waals surface area contributed by atoms with Gasteiger partial charge in [0.25, 0.3) is 5.91 Å². The van der Waals surface area contributed by atoms with Crippen molar-refractivity contribution in [2.45, 2.75) is 38.1 Å². The van der Waals surface area contributed by atoms with Crippen LogP contribution in [0.2, 0.25) is 0 Å². The average molecular weight is 557 g/mol. The van der Waals surface area contributed by atoms with Crippen LogP contribution < -0.4 is 18.9 Å². The number of ether oxygens (including phenoxy) is 5. The number of hydrogen-bond donors (Lipinski definition) is 0. The number of carbonyl (C=O) groups excluding carboxylic acids is 2. The van der Waals surface area contributed by atoms with E-state index < -0.39 is 18.2 Å². The molecule has 1 saturated heterocycles. The summed E-state index contributed by atoms with van der Waals surface area (Å²) in [6.45, 7) is 2.05. The van der Waals surface area contributed by atoms with Gasteiger partial charge in [-0.05, 0) is 42.8 Å². The molecular formula is C32H32N2O7. The van der Waals surface area contributed by atoms with Gasteiger partial charge in [0, 0.05) is 34.4 Å². The number of hydrogen-bond acceptors (Lipinski definition) is 7. The molecular weight excluding hydrogens is 524 g/mol. The van der Waals surface area contributed by atoms with E-state index in [-0.39, 0.29) is 25.0 Å². The summed E-state index contributed by atoms with van der Waals surface area (Å²) >= 11 is 0. The normalized spacial score (nSPS) is 20.3. The summed E-state index contributed by atoms with van der Waals surface area (Å²) in [6, 6.07) is 14.9. The zero-order valence-corrected chi connectivity index (χ0v) is 23.7. The fourth-order valence-electron chi connectivity index (χ4n) is 6.43. The Hall–Kier alpha value is -4.66. The van der Waals surface area contributed by atoms with Crippen molar-refractivity contribution in [3.05, 3.63) is 88.1 Å². The molecule has 0 N–H and O–H groups in total. The van der Waals surface area contributed by atoms with Gasteiger partial charge in [-0.25, -0.2) is 4.79 Å². The minimum atomic E-state index is -0.811. The second kappa shape index (κ2) is 10.4. The van der Waals surface area contributed by atoms with Gasteiger partial charge >= 0.3 is 6.09 Å². The van der Waals surface area contributed by atoms with Gasteiger partial charge in [0.15, 0.2) is 0 Å². The van der Waals surface area contributed by atoms with E-state index in [1.165, 1.54) is 0 Å². The predicted molar refractivity (Wildman–Crippen MR) is 151 cm³/mol. The molecule has 0 unspecified atom stereocenters. The van der Waals surface area contributed by atoms with Crippen molar-refractivity contribution in [3.8, 4) is 23.0 Å². The lowest BCUT2D eigenvalue weighted by atomic mass is 9.78. The Morgan fingerprint density at radius 1 is 0.829 bits per heavy atom. The maximum Gasteiger partial charge on any atom is 0.411 e. The highest BCUT2D eigenvalue weighted by Crippen LogP contribution is 2.55. The standard InChI is InChI=1S/C32H32N2O7/c1-18-28-20(24(37-2)11-13-26(28)39-4)15-22-30-29-21(25(38-3)12-14-27(29)40-5)16-23(31(35)33(18)22)34(30)32(36)41-17-19-9-7-6-8-10-19/h6-15,18,23,30H,16-17H2,1-5H3/t18-,23+,30+/m1/s1. The summed E-state index contributed by atoms with van der Waals surface area (Å²) in [6.07, 6.45) is 1.59. The molecule has 6 rings (SSSR count). The molecule has 9 heteroatoms. The number of methoxy groups -OCH3 is 4. The Bertz CT molecular complexity index is 1550. The third-order valence-electron chi connectivity index (χ3n) is 8.24. The molecule has 3 atom stereocenters. The summed E-state index contributed by atoms with van der Waals surface area (Å²) in [5, 5.41) is 0. The van der Waals surface area contributed by atoms with Gasteiger partial charge in [0.1, 0.15) is 41.7 Å². The van der Waals surface area contributed by atoms with E-state index in [4.69, 9.17) is 23.7 Å². The van der Waals surface area contributed by atoms with Gasteiger partial charge in [0.05, 0.1) is 34.5 Å². The summed E-state index contributed by atoms with van der Waals surface area (Å²) in [5.41, 5.74) is 4.72. The predicted octanol–water partition coefficient (Wildman–Crippen LogP) is 5.28. The summed E-state index contributed by atoms with van der Waals surface area (Å²) < 4.78 is 28.8. The minimum Gasteiger partial charge on any atom is -0.496 e. The van der Waals surface area contributed by atoms with Crippen molar-refractivity contribution >= 4 is 18.1 Å². The highest BCUT2D eigenvalue weighted by Gasteiger charge is 2.55. The van der Waals surface area contributed by atoms with Crippen molar-refractivity contribution < 1.29 is 33.3 Å². The van der Waals surface area contributed by atoms with E-state index in [0.29, 0.717) is 28.7 Å². The second-order valence-corrected chi connectivity index (χ2v) is 10.2. The van der Waals surface area contributed by atoms with Crippen molar-refractivity contribution in [2.75, 3.05) is 28.4 Å². The Labute approximate surface area is 238 Å². The van der Waals surface area contributed by atoms with E-state index in [1.54, 1.807) is 38.2 Å². The highest BCUT2D eigenvalue weighted by atomic mass is 16.6. The fourth-order valence-corrected chi connectivity index (χ4v) is 6.43. The van der Waals surface area contributed by atoms with Gasteiger partial charge < -0.3 is 28.6 Å². The lowest BCUT2D eigenvalue weighted by molar-refractivity contribution is -0.143. The molecule has 3 aliphatic heterocycles. The topological polar surface area (TPSA) is 86.8 Å². The van der Waals surface area contributed by atoms with E-state index in [1.807, 2.05) is 67.6 Å². The van der Waals surface area contributed by atoms with Crippen LogP contribution in [-0.4, -0.2) is 56.3 Å². The largest absolute Gasteiger partial charge is 0.496 e. The lowest BCUT2D eigenvalue weighted by Gasteiger charge is -2.53. The zero-order valence-electron chi connectivity index (χ0n) is 23.7. The third-order valence-corrected chi connectivity index (χ3v) is 8.24. The van der Waals surface area contributed by atoms with Gasteiger partial charge in [-0.15, -0.1) is 0 Å². The molecule has 0 saturated carbocycles. The van der Waals surface area contributed by atoms with Crippen LogP contribution in [-0.2, 0) is 22.6 Å². The summed E-state index contributed by atoms with van der Waals surface area (Å²) in [7, 11) is 6.41. The molecule has 41 heavy (non-hydrogen) atoms. The van der Waals surface area contributed by atoms with Crippen LogP contribution in [0.4, 0.5) is 4.79 Å². The first-order valence-electron chi connectivity index (χ1n) is 13.5. The molecule has 3 aliphatic rings. The number of amides is 2. The van der Waals surface area contributed by atoms with Crippen molar-refractivity contribution in [3.63, 3.8) is 0 Å². The summed E-state index contributed by atoms with van der Waals surface area (Å²) in [4.78, 5) is 31.6. The first kappa shape index (κ1) is 26.6. The van der Waals surface area contributed by atoms with Crippen LogP contribution in [0.15, 0.2) is 60.3 Å². The molecule has 0 spiro atoms. The molecule has 2 amide bonds. The monoisotopic (exact) mass is 556 g/mol. The van der Waals surface area contributed by atoms with Crippen LogP contribution in [0.25, 0.3) is 6.08 Å².